The van der Waals surface area contributed by atoms with Gasteiger partial charge in [-0.05, 0) is 19.2 Å². The molecule has 1 aromatic carbocycles. The summed E-state index contributed by atoms with van der Waals surface area (Å²) in [6, 6.07) is 1.77. The molecule has 1 aliphatic heterocycles. The Hall–Kier alpha value is -1.69. The Balaban J connectivity index is 2.23. The zero-order chi connectivity index (χ0) is 13.3. The quantitative estimate of drug-likeness (QED) is 0.760. The Morgan fingerprint density at radius 3 is 2.44 bits per heavy atom. The number of likely N-dealkylation sites (N-methyl/N-ethyl adjacent to an activating group) is 1. The zero-order valence-electron chi connectivity index (χ0n) is 10.1. The average molecular weight is 255 g/mol. The summed E-state index contributed by atoms with van der Waals surface area (Å²) in [4.78, 5) is 15.7. The fraction of sp³-hybridized carbons (Fsp3) is 0.417. The molecule has 0 saturated carbocycles. The first-order valence-corrected chi connectivity index (χ1v) is 5.71. The average Bonchev–Trinajstić information content (AvgIpc) is 2.34. The lowest BCUT2D eigenvalue weighted by molar-refractivity contribution is 0.0659. The monoisotopic (exact) mass is 255 g/mol. The number of benzene rings is 1. The van der Waals surface area contributed by atoms with E-state index in [1.54, 1.807) is 0 Å². The standard InChI is InChI=1S/C12H15F2N3O/c1-16-2-4-17(5-3-16)12(18)9-6-8(13)7-10(15)11(9)14/h6-7H,2-5,15H2,1H3. The topological polar surface area (TPSA) is 49.6 Å². The number of halogens is 2. The van der Waals surface area contributed by atoms with Crippen molar-refractivity contribution >= 4 is 11.6 Å². The lowest BCUT2D eigenvalue weighted by atomic mass is 10.1. The number of rotatable bonds is 1. The predicted octanol–water partition coefficient (Wildman–Crippen LogP) is 0.935. The van der Waals surface area contributed by atoms with E-state index in [1.807, 2.05) is 7.05 Å². The predicted molar refractivity (Wildman–Crippen MR) is 64.2 cm³/mol. The fourth-order valence-electron chi connectivity index (χ4n) is 1.95. The minimum absolute atomic E-state index is 0.294. The molecule has 2 N–H and O–H groups in total. The van der Waals surface area contributed by atoms with Gasteiger partial charge in [-0.3, -0.25) is 4.79 Å². The molecule has 1 fully saturated rings. The molecular weight excluding hydrogens is 240 g/mol. The number of nitrogens with zero attached hydrogens (tertiary/aromatic N) is 2. The summed E-state index contributed by atoms with van der Waals surface area (Å²) in [6.45, 7) is 2.45. The van der Waals surface area contributed by atoms with Crippen molar-refractivity contribution in [2.24, 2.45) is 0 Å². The number of nitrogens with two attached hydrogens (primary N) is 1. The Morgan fingerprint density at radius 2 is 1.83 bits per heavy atom. The number of amides is 1. The first-order valence-electron chi connectivity index (χ1n) is 5.71. The van der Waals surface area contributed by atoms with Crippen LogP contribution in [-0.2, 0) is 0 Å². The van der Waals surface area contributed by atoms with E-state index in [2.05, 4.69) is 4.90 Å². The van der Waals surface area contributed by atoms with E-state index in [-0.39, 0.29) is 11.3 Å². The largest absolute Gasteiger partial charge is 0.396 e. The van der Waals surface area contributed by atoms with Gasteiger partial charge in [0.25, 0.3) is 5.91 Å². The van der Waals surface area contributed by atoms with Gasteiger partial charge in [0.2, 0.25) is 0 Å². The highest BCUT2D eigenvalue weighted by atomic mass is 19.1. The molecule has 0 aliphatic carbocycles. The molecule has 18 heavy (non-hydrogen) atoms. The fourth-order valence-corrected chi connectivity index (χ4v) is 1.95. The van der Waals surface area contributed by atoms with Crippen LogP contribution in [0.1, 0.15) is 10.4 Å². The number of anilines is 1. The Labute approximate surface area is 104 Å². The van der Waals surface area contributed by atoms with Crippen LogP contribution >= 0.6 is 0 Å². The van der Waals surface area contributed by atoms with Crippen LogP contribution in [0.2, 0.25) is 0 Å². The van der Waals surface area contributed by atoms with Crippen molar-refractivity contribution in [1.82, 2.24) is 9.80 Å². The number of hydrogen-bond acceptors (Lipinski definition) is 3. The molecule has 1 amide bonds. The second-order valence-electron chi connectivity index (χ2n) is 4.45. The lowest BCUT2D eigenvalue weighted by Crippen LogP contribution is -2.47. The molecule has 0 aromatic heterocycles. The maximum Gasteiger partial charge on any atom is 0.257 e. The van der Waals surface area contributed by atoms with Gasteiger partial charge in [0.15, 0.2) is 5.82 Å². The zero-order valence-corrected chi connectivity index (χ0v) is 10.1. The number of nitrogen functional groups attached to an aromatic ring is 1. The highest BCUT2D eigenvalue weighted by molar-refractivity contribution is 5.95. The van der Waals surface area contributed by atoms with Crippen LogP contribution in [-0.4, -0.2) is 48.9 Å². The highest BCUT2D eigenvalue weighted by Gasteiger charge is 2.24. The maximum absolute atomic E-state index is 13.7. The van der Waals surface area contributed by atoms with Crippen molar-refractivity contribution in [3.63, 3.8) is 0 Å². The minimum Gasteiger partial charge on any atom is -0.396 e. The molecule has 4 nitrogen and oxygen atoms in total. The van der Waals surface area contributed by atoms with Crippen molar-refractivity contribution in [2.45, 2.75) is 0 Å². The Kier molecular flexibility index (Phi) is 3.47. The molecule has 1 heterocycles. The summed E-state index contributed by atoms with van der Waals surface area (Å²) in [7, 11) is 1.95. The first kappa shape index (κ1) is 12.8. The molecular formula is C12H15F2N3O. The van der Waals surface area contributed by atoms with Gasteiger partial charge in [0.1, 0.15) is 5.82 Å². The van der Waals surface area contributed by atoms with Crippen LogP contribution in [0.15, 0.2) is 12.1 Å². The third-order valence-corrected chi connectivity index (χ3v) is 3.09. The van der Waals surface area contributed by atoms with E-state index in [4.69, 9.17) is 5.73 Å². The van der Waals surface area contributed by atoms with Crippen LogP contribution in [0, 0.1) is 11.6 Å². The SMILES string of the molecule is CN1CCN(C(=O)c2cc(F)cc(N)c2F)CC1. The second kappa shape index (κ2) is 4.89. The third kappa shape index (κ3) is 2.43. The van der Waals surface area contributed by atoms with Gasteiger partial charge in [0.05, 0.1) is 11.3 Å². The molecule has 0 spiro atoms. The number of hydrogen-bond donors (Lipinski definition) is 1. The van der Waals surface area contributed by atoms with Crippen LogP contribution in [0.4, 0.5) is 14.5 Å². The second-order valence-corrected chi connectivity index (χ2v) is 4.45. The van der Waals surface area contributed by atoms with Gasteiger partial charge in [-0.15, -0.1) is 0 Å². The van der Waals surface area contributed by atoms with Crippen LogP contribution in [0.3, 0.4) is 0 Å². The molecule has 98 valence electrons. The lowest BCUT2D eigenvalue weighted by Gasteiger charge is -2.32. The molecule has 1 saturated heterocycles. The van der Waals surface area contributed by atoms with E-state index in [0.29, 0.717) is 13.1 Å². The van der Waals surface area contributed by atoms with Crippen molar-refractivity contribution < 1.29 is 13.6 Å². The molecule has 1 aliphatic rings. The molecule has 2 rings (SSSR count). The van der Waals surface area contributed by atoms with E-state index < -0.39 is 17.5 Å². The Bertz CT molecular complexity index is 471. The summed E-state index contributed by atoms with van der Waals surface area (Å²) in [5.41, 5.74) is 4.68. The first-order chi connectivity index (χ1) is 8.49. The summed E-state index contributed by atoms with van der Waals surface area (Å²) < 4.78 is 26.9. The molecule has 0 atom stereocenters. The van der Waals surface area contributed by atoms with Crippen molar-refractivity contribution in [3.05, 3.63) is 29.3 Å². The molecule has 0 unspecified atom stereocenters. The molecule has 0 radical (unpaired) electrons. The summed E-state index contributed by atoms with van der Waals surface area (Å²) in [6.07, 6.45) is 0. The van der Waals surface area contributed by atoms with Gasteiger partial charge in [-0.25, -0.2) is 8.78 Å². The Morgan fingerprint density at radius 1 is 1.22 bits per heavy atom. The number of carbonyl (C=O) groups excluding carboxylic acids is 1. The van der Waals surface area contributed by atoms with Crippen molar-refractivity contribution in [2.75, 3.05) is 39.0 Å². The van der Waals surface area contributed by atoms with E-state index >= 15 is 0 Å². The van der Waals surface area contributed by atoms with Gasteiger partial charge in [0, 0.05) is 26.2 Å². The van der Waals surface area contributed by atoms with E-state index in [0.717, 1.165) is 25.2 Å². The number of piperazine rings is 1. The maximum atomic E-state index is 13.7. The van der Waals surface area contributed by atoms with Gasteiger partial charge < -0.3 is 15.5 Å². The minimum atomic E-state index is -0.847. The van der Waals surface area contributed by atoms with Crippen molar-refractivity contribution in [3.8, 4) is 0 Å². The number of carbonyl (C=O) groups is 1. The van der Waals surface area contributed by atoms with E-state index in [9.17, 15) is 13.6 Å². The van der Waals surface area contributed by atoms with Crippen molar-refractivity contribution in [1.29, 1.82) is 0 Å². The summed E-state index contributed by atoms with van der Waals surface area (Å²) in [5.74, 6) is -2.06. The van der Waals surface area contributed by atoms with Crippen LogP contribution in [0.5, 0.6) is 0 Å². The van der Waals surface area contributed by atoms with Crippen LogP contribution < -0.4 is 5.73 Å². The van der Waals surface area contributed by atoms with Gasteiger partial charge in [-0.2, -0.15) is 0 Å². The van der Waals surface area contributed by atoms with Gasteiger partial charge in [-0.1, -0.05) is 0 Å². The summed E-state index contributed by atoms with van der Waals surface area (Å²) in [5, 5.41) is 0. The highest BCUT2D eigenvalue weighted by Crippen LogP contribution is 2.19. The smallest absolute Gasteiger partial charge is 0.257 e. The van der Waals surface area contributed by atoms with E-state index in [1.165, 1.54) is 4.90 Å². The third-order valence-electron chi connectivity index (χ3n) is 3.09. The normalized spacial score (nSPS) is 16.9. The summed E-state index contributed by atoms with van der Waals surface area (Å²) >= 11 is 0. The molecule has 1 aromatic rings. The molecule has 6 heteroatoms. The molecule has 0 bridgehead atoms. The van der Waals surface area contributed by atoms with Crippen LogP contribution in [0.25, 0.3) is 0 Å². The van der Waals surface area contributed by atoms with Gasteiger partial charge >= 0.3 is 0 Å².